The normalized spacial score (nSPS) is 11.4. The van der Waals surface area contributed by atoms with Crippen molar-refractivity contribution in [3.05, 3.63) is 24.3 Å². The Hall–Kier alpha value is -2.17. The summed E-state index contributed by atoms with van der Waals surface area (Å²) in [6.45, 7) is 6.88. The summed E-state index contributed by atoms with van der Waals surface area (Å²) in [5.74, 6) is 0.345. The number of aromatic nitrogens is 4. The van der Waals surface area contributed by atoms with Gasteiger partial charge in [0.25, 0.3) is 0 Å². The molecule has 0 saturated heterocycles. The summed E-state index contributed by atoms with van der Waals surface area (Å²) in [4.78, 5) is 11.5. The third-order valence-electron chi connectivity index (χ3n) is 3.21. The average molecular weight is 410 g/mol. The molecule has 0 aliphatic rings. The molecule has 1 aromatic carbocycles. The van der Waals surface area contributed by atoms with E-state index in [4.69, 9.17) is 18.9 Å². The van der Waals surface area contributed by atoms with Crippen LogP contribution in [-0.4, -0.2) is 71.1 Å². The lowest BCUT2D eigenvalue weighted by Crippen LogP contribution is -2.27. The van der Waals surface area contributed by atoms with Crippen molar-refractivity contribution in [1.29, 1.82) is 0 Å². The molecule has 0 saturated carbocycles. The van der Waals surface area contributed by atoms with Gasteiger partial charge in [0.05, 0.1) is 25.5 Å². The van der Waals surface area contributed by atoms with Crippen LogP contribution in [0.1, 0.15) is 20.8 Å². The quantitative estimate of drug-likeness (QED) is 0.313. The lowest BCUT2D eigenvalue weighted by atomic mass is 10.2. The fourth-order valence-corrected chi connectivity index (χ4v) is 2.55. The summed E-state index contributed by atoms with van der Waals surface area (Å²) >= 11 is 1.47. The molecule has 0 spiro atoms. The molecule has 0 unspecified atom stereocenters. The molecule has 0 amide bonds. The number of carbonyl (C=O) groups excluding carboxylic acids is 1. The van der Waals surface area contributed by atoms with Crippen LogP contribution in [0.2, 0.25) is 0 Å². The lowest BCUT2D eigenvalue weighted by molar-refractivity contribution is -0.160. The summed E-state index contributed by atoms with van der Waals surface area (Å²) in [6, 6.07) is 7.48. The molecule has 0 bridgehead atoms. The molecule has 10 heteroatoms. The van der Waals surface area contributed by atoms with Crippen molar-refractivity contribution >= 4 is 17.7 Å². The maximum atomic E-state index is 11.5. The molecule has 1 aromatic heterocycles. The average Bonchev–Trinajstić information content (AvgIpc) is 3.11. The first-order chi connectivity index (χ1) is 13.4. The molecule has 0 aliphatic carbocycles. The van der Waals surface area contributed by atoms with Crippen molar-refractivity contribution in [3.63, 3.8) is 0 Å². The Bertz CT molecular complexity index is 730. The summed E-state index contributed by atoms with van der Waals surface area (Å²) in [5, 5.41) is 12.3. The number of tetrazole rings is 1. The number of rotatable bonds is 11. The van der Waals surface area contributed by atoms with E-state index in [-0.39, 0.29) is 12.6 Å². The van der Waals surface area contributed by atoms with Crippen molar-refractivity contribution in [2.24, 2.45) is 0 Å². The monoisotopic (exact) mass is 410 g/mol. The second kappa shape index (κ2) is 11.0. The number of ether oxygens (including phenoxy) is 4. The SMILES string of the molecule is CSc1nnnn1-c1ccc(OCCOCCOCC(=O)OC(C)(C)C)cc1. The van der Waals surface area contributed by atoms with Gasteiger partial charge in [-0.3, -0.25) is 0 Å². The Morgan fingerprint density at radius 1 is 1.07 bits per heavy atom. The smallest absolute Gasteiger partial charge is 0.332 e. The highest BCUT2D eigenvalue weighted by molar-refractivity contribution is 7.98. The molecule has 154 valence electrons. The number of nitrogens with zero attached hydrogens (tertiary/aromatic N) is 4. The molecule has 0 atom stereocenters. The van der Waals surface area contributed by atoms with Crippen LogP contribution in [0.3, 0.4) is 0 Å². The molecule has 0 radical (unpaired) electrons. The minimum atomic E-state index is -0.504. The number of carbonyl (C=O) groups is 1. The summed E-state index contributed by atoms with van der Waals surface area (Å²) in [5.41, 5.74) is 0.357. The van der Waals surface area contributed by atoms with Gasteiger partial charge >= 0.3 is 5.97 Å². The van der Waals surface area contributed by atoms with Gasteiger partial charge in [-0.2, -0.15) is 4.68 Å². The first-order valence-corrected chi connectivity index (χ1v) is 10.0. The van der Waals surface area contributed by atoms with E-state index in [2.05, 4.69) is 15.5 Å². The van der Waals surface area contributed by atoms with Gasteiger partial charge in [0, 0.05) is 0 Å². The Labute approximate surface area is 168 Å². The molecular weight excluding hydrogens is 384 g/mol. The van der Waals surface area contributed by atoms with Crippen LogP contribution in [0.5, 0.6) is 5.75 Å². The number of benzene rings is 1. The minimum absolute atomic E-state index is 0.0803. The fourth-order valence-electron chi connectivity index (χ4n) is 2.12. The van der Waals surface area contributed by atoms with Crippen molar-refractivity contribution in [2.45, 2.75) is 31.5 Å². The number of hydrogen-bond acceptors (Lipinski definition) is 9. The molecule has 28 heavy (non-hydrogen) atoms. The lowest BCUT2D eigenvalue weighted by Gasteiger charge is -2.19. The van der Waals surface area contributed by atoms with Crippen LogP contribution in [0.15, 0.2) is 29.4 Å². The van der Waals surface area contributed by atoms with Crippen molar-refractivity contribution in [3.8, 4) is 11.4 Å². The van der Waals surface area contributed by atoms with Gasteiger partial charge < -0.3 is 18.9 Å². The van der Waals surface area contributed by atoms with Crippen LogP contribution in [0.25, 0.3) is 5.69 Å². The standard InChI is InChI=1S/C18H26N4O5S/c1-18(2,3)27-16(23)13-25-10-9-24-11-12-26-15-7-5-14(6-8-15)22-17(28-4)19-20-21-22/h5-8H,9-13H2,1-4H3. The number of esters is 1. The van der Waals surface area contributed by atoms with E-state index in [9.17, 15) is 4.79 Å². The molecule has 0 aliphatic heterocycles. The Morgan fingerprint density at radius 3 is 2.43 bits per heavy atom. The van der Waals surface area contributed by atoms with Crippen LogP contribution < -0.4 is 4.74 Å². The van der Waals surface area contributed by atoms with Gasteiger partial charge in [-0.1, -0.05) is 11.8 Å². The van der Waals surface area contributed by atoms with Crippen molar-refractivity contribution in [1.82, 2.24) is 20.2 Å². The highest BCUT2D eigenvalue weighted by Gasteiger charge is 2.15. The largest absolute Gasteiger partial charge is 0.491 e. The molecule has 2 rings (SSSR count). The van der Waals surface area contributed by atoms with E-state index >= 15 is 0 Å². The molecule has 2 aromatic rings. The molecule has 1 heterocycles. The Morgan fingerprint density at radius 2 is 1.75 bits per heavy atom. The van der Waals surface area contributed by atoms with E-state index in [1.54, 1.807) is 4.68 Å². The zero-order valence-corrected chi connectivity index (χ0v) is 17.4. The van der Waals surface area contributed by atoms with Crippen molar-refractivity contribution < 1.29 is 23.7 Å². The van der Waals surface area contributed by atoms with E-state index < -0.39 is 5.60 Å². The second-order valence-corrected chi connectivity index (χ2v) is 7.44. The van der Waals surface area contributed by atoms with Gasteiger partial charge in [0.2, 0.25) is 5.16 Å². The third kappa shape index (κ3) is 7.83. The highest BCUT2D eigenvalue weighted by Crippen LogP contribution is 2.18. The van der Waals surface area contributed by atoms with Crippen molar-refractivity contribution in [2.75, 3.05) is 39.3 Å². The second-order valence-electron chi connectivity index (χ2n) is 6.67. The van der Waals surface area contributed by atoms with E-state index in [1.165, 1.54) is 11.8 Å². The van der Waals surface area contributed by atoms with Crippen LogP contribution in [0, 0.1) is 0 Å². The molecule has 9 nitrogen and oxygen atoms in total. The fraction of sp³-hybridized carbons (Fsp3) is 0.556. The molecule has 0 N–H and O–H groups in total. The summed E-state index contributed by atoms with van der Waals surface area (Å²) in [6.07, 6.45) is 1.92. The molecular formula is C18H26N4O5S. The van der Waals surface area contributed by atoms with Crippen LogP contribution in [0.4, 0.5) is 0 Å². The maximum absolute atomic E-state index is 11.5. The maximum Gasteiger partial charge on any atom is 0.332 e. The predicted molar refractivity (Wildman–Crippen MR) is 104 cm³/mol. The number of hydrogen-bond donors (Lipinski definition) is 0. The number of thioether (sulfide) groups is 1. The van der Waals surface area contributed by atoms with Gasteiger partial charge in [0.15, 0.2) is 0 Å². The topological polar surface area (TPSA) is 97.6 Å². The van der Waals surface area contributed by atoms with Gasteiger partial charge in [0.1, 0.15) is 24.6 Å². The highest BCUT2D eigenvalue weighted by atomic mass is 32.2. The van der Waals surface area contributed by atoms with Crippen LogP contribution in [-0.2, 0) is 19.0 Å². The van der Waals surface area contributed by atoms with E-state index in [1.807, 2.05) is 51.3 Å². The first-order valence-electron chi connectivity index (χ1n) is 8.82. The van der Waals surface area contributed by atoms with E-state index in [0.717, 1.165) is 16.6 Å². The van der Waals surface area contributed by atoms with Gasteiger partial charge in [-0.25, -0.2) is 4.79 Å². The van der Waals surface area contributed by atoms with Crippen LogP contribution >= 0.6 is 11.8 Å². The Balaban J connectivity index is 1.57. The zero-order valence-electron chi connectivity index (χ0n) is 16.6. The van der Waals surface area contributed by atoms with Gasteiger partial charge in [-0.15, -0.1) is 5.10 Å². The third-order valence-corrected chi connectivity index (χ3v) is 3.83. The van der Waals surface area contributed by atoms with Gasteiger partial charge in [-0.05, 0) is 61.7 Å². The summed E-state index contributed by atoms with van der Waals surface area (Å²) in [7, 11) is 0. The predicted octanol–water partition coefficient (Wildman–Crippen LogP) is 2.14. The van der Waals surface area contributed by atoms with E-state index in [0.29, 0.717) is 26.4 Å². The Kier molecular flexibility index (Phi) is 8.68. The minimum Gasteiger partial charge on any atom is -0.491 e. The molecule has 0 fully saturated rings. The zero-order chi connectivity index (χ0) is 20.4. The summed E-state index contributed by atoms with van der Waals surface area (Å²) < 4.78 is 23.1. The first kappa shape index (κ1) is 22.1.